The van der Waals surface area contributed by atoms with Crippen molar-refractivity contribution in [2.45, 2.75) is 64.5 Å². The highest BCUT2D eigenvalue weighted by molar-refractivity contribution is 5.88. The van der Waals surface area contributed by atoms with Gasteiger partial charge in [0.25, 0.3) is 0 Å². The van der Waals surface area contributed by atoms with Gasteiger partial charge in [0.15, 0.2) is 0 Å². The minimum Gasteiger partial charge on any atom is -0.206 e. The molecule has 0 atom stereocenters. The van der Waals surface area contributed by atoms with Crippen molar-refractivity contribution in [2.75, 3.05) is 0 Å². The maximum atomic E-state index is 15.2. The zero-order valence-corrected chi connectivity index (χ0v) is 21.3. The van der Waals surface area contributed by atoms with Crippen LogP contribution in [0.2, 0.25) is 0 Å². The SMILES string of the molecule is CCCCCCCc1cc(F)c(-c2ccc3c(F)c(CCc4ccc(C(F)(F)F)cc4)ccc3c2)c(F)c1. The molecule has 38 heavy (non-hydrogen) atoms. The largest absolute Gasteiger partial charge is 0.416 e. The normalized spacial score (nSPS) is 11.9. The number of hydrogen-bond acceptors (Lipinski definition) is 0. The second-order valence-electron chi connectivity index (χ2n) is 9.77. The Labute approximate surface area is 219 Å². The van der Waals surface area contributed by atoms with Gasteiger partial charge in [-0.2, -0.15) is 13.2 Å². The third-order valence-electron chi connectivity index (χ3n) is 6.96. The standard InChI is InChI=1S/C32H30F6/c1-2-3-4-5-6-7-22-18-28(33)30(29(34)19-22)25-14-17-27-24(20-25)13-12-23(31(27)35)11-8-21-9-15-26(16-10-21)32(36,37)38/h9-10,12-20H,2-8,11H2,1H3. The monoisotopic (exact) mass is 528 g/mol. The summed E-state index contributed by atoms with van der Waals surface area (Å²) in [5, 5.41) is 0.834. The van der Waals surface area contributed by atoms with Gasteiger partial charge in [-0.3, -0.25) is 0 Å². The van der Waals surface area contributed by atoms with Gasteiger partial charge >= 0.3 is 6.18 Å². The Morgan fingerprint density at radius 3 is 1.97 bits per heavy atom. The lowest BCUT2D eigenvalue weighted by Crippen LogP contribution is -2.04. The predicted molar refractivity (Wildman–Crippen MR) is 141 cm³/mol. The fourth-order valence-corrected chi connectivity index (χ4v) is 4.80. The van der Waals surface area contributed by atoms with Crippen LogP contribution in [0.1, 0.15) is 61.3 Å². The van der Waals surface area contributed by atoms with E-state index in [0.29, 0.717) is 52.3 Å². The summed E-state index contributed by atoms with van der Waals surface area (Å²) in [6.45, 7) is 2.14. The van der Waals surface area contributed by atoms with Crippen LogP contribution in [-0.4, -0.2) is 0 Å². The lowest BCUT2D eigenvalue weighted by molar-refractivity contribution is -0.137. The Morgan fingerprint density at radius 2 is 1.32 bits per heavy atom. The Hall–Kier alpha value is -3.28. The summed E-state index contributed by atoms with van der Waals surface area (Å²) in [6.07, 6.45) is 2.22. The molecule has 0 aromatic heterocycles. The van der Waals surface area contributed by atoms with Gasteiger partial charge in [0.05, 0.1) is 11.1 Å². The number of fused-ring (bicyclic) bond motifs is 1. The lowest BCUT2D eigenvalue weighted by atomic mass is 9.95. The van der Waals surface area contributed by atoms with Crippen LogP contribution in [0.5, 0.6) is 0 Å². The van der Waals surface area contributed by atoms with E-state index in [9.17, 15) is 22.0 Å². The van der Waals surface area contributed by atoms with Gasteiger partial charge in [-0.15, -0.1) is 0 Å². The molecular weight excluding hydrogens is 498 g/mol. The summed E-state index contributed by atoms with van der Waals surface area (Å²) in [4.78, 5) is 0. The molecule has 4 rings (SSSR count). The first kappa shape index (κ1) is 27.7. The van der Waals surface area contributed by atoms with E-state index in [1.165, 1.54) is 36.4 Å². The summed E-state index contributed by atoms with van der Waals surface area (Å²) in [6, 6.07) is 15.5. The molecule has 0 aliphatic rings. The zero-order valence-electron chi connectivity index (χ0n) is 21.3. The first-order valence-corrected chi connectivity index (χ1v) is 13.0. The smallest absolute Gasteiger partial charge is 0.206 e. The highest BCUT2D eigenvalue weighted by Crippen LogP contribution is 2.33. The molecule has 0 saturated carbocycles. The molecule has 0 aliphatic heterocycles. The van der Waals surface area contributed by atoms with E-state index in [1.54, 1.807) is 18.2 Å². The molecule has 0 aliphatic carbocycles. The molecule has 0 heterocycles. The Kier molecular flexibility index (Phi) is 8.80. The van der Waals surface area contributed by atoms with Crippen molar-refractivity contribution < 1.29 is 26.3 Å². The molecule has 0 unspecified atom stereocenters. The minimum atomic E-state index is -4.40. The Bertz CT molecular complexity index is 1360. The summed E-state index contributed by atoms with van der Waals surface area (Å²) in [5.74, 6) is -1.72. The second-order valence-corrected chi connectivity index (χ2v) is 9.77. The molecule has 0 saturated heterocycles. The van der Waals surface area contributed by atoms with Crippen LogP contribution in [0.4, 0.5) is 26.3 Å². The van der Waals surface area contributed by atoms with Crippen molar-refractivity contribution in [1.29, 1.82) is 0 Å². The van der Waals surface area contributed by atoms with E-state index < -0.39 is 29.2 Å². The maximum absolute atomic E-state index is 15.2. The van der Waals surface area contributed by atoms with Crippen LogP contribution >= 0.6 is 0 Å². The van der Waals surface area contributed by atoms with Gasteiger partial charge in [0.1, 0.15) is 17.5 Å². The first-order valence-electron chi connectivity index (χ1n) is 13.0. The Balaban J connectivity index is 1.49. The predicted octanol–water partition coefficient (Wildman–Crippen LogP) is 10.2. The number of hydrogen-bond donors (Lipinski definition) is 0. The van der Waals surface area contributed by atoms with Crippen LogP contribution in [0.15, 0.2) is 66.7 Å². The van der Waals surface area contributed by atoms with E-state index in [0.717, 1.165) is 44.2 Å². The van der Waals surface area contributed by atoms with E-state index >= 15 is 4.39 Å². The van der Waals surface area contributed by atoms with Gasteiger partial charge < -0.3 is 0 Å². The molecule has 0 amide bonds. The van der Waals surface area contributed by atoms with E-state index in [-0.39, 0.29) is 5.56 Å². The van der Waals surface area contributed by atoms with Crippen molar-refractivity contribution in [3.8, 4) is 11.1 Å². The zero-order chi connectivity index (χ0) is 27.3. The van der Waals surface area contributed by atoms with Gasteiger partial charge in [-0.05, 0) is 83.7 Å². The average molecular weight is 529 g/mol. The van der Waals surface area contributed by atoms with Crippen molar-refractivity contribution in [3.63, 3.8) is 0 Å². The van der Waals surface area contributed by atoms with Crippen LogP contribution < -0.4 is 0 Å². The quantitative estimate of drug-likeness (QED) is 0.142. The van der Waals surface area contributed by atoms with Gasteiger partial charge in [-0.25, -0.2) is 13.2 Å². The highest BCUT2D eigenvalue weighted by Gasteiger charge is 2.29. The number of unbranched alkanes of at least 4 members (excludes halogenated alkanes) is 4. The van der Waals surface area contributed by atoms with Gasteiger partial charge in [-0.1, -0.05) is 69.0 Å². The molecule has 0 fully saturated rings. The summed E-state index contributed by atoms with van der Waals surface area (Å²) >= 11 is 0. The summed E-state index contributed by atoms with van der Waals surface area (Å²) in [5.41, 5.74) is 1.20. The van der Waals surface area contributed by atoms with Crippen LogP contribution in [0.3, 0.4) is 0 Å². The second kappa shape index (κ2) is 12.1. The molecule has 0 bridgehead atoms. The first-order chi connectivity index (χ1) is 18.2. The molecule has 0 radical (unpaired) electrons. The lowest BCUT2D eigenvalue weighted by Gasteiger charge is -2.12. The number of benzene rings is 4. The van der Waals surface area contributed by atoms with Crippen molar-refractivity contribution in [3.05, 3.63) is 106 Å². The fraction of sp³-hybridized carbons (Fsp3) is 0.312. The minimum absolute atomic E-state index is 0.131. The number of halogens is 6. The molecule has 0 nitrogen and oxygen atoms in total. The maximum Gasteiger partial charge on any atom is 0.416 e. The van der Waals surface area contributed by atoms with Gasteiger partial charge in [0.2, 0.25) is 0 Å². The van der Waals surface area contributed by atoms with Crippen molar-refractivity contribution >= 4 is 10.8 Å². The van der Waals surface area contributed by atoms with E-state index in [4.69, 9.17) is 0 Å². The van der Waals surface area contributed by atoms with Crippen molar-refractivity contribution in [2.24, 2.45) is 0 Å². The topological polar surface area (TPSA) is 0 Å². The molecule has 0 N–H and O–H groups in total. The summed E-state index contributed by atoms with van der Waals surface area (Å²) in [7, 11) is 0. The third kappa shape index (κ3) is 6.58. The summed E-state index contributed by atoms with van der Waals surface area (Å²) < 4.78 is 83.4. The van der Waals surface area contributed by atoms with Crippen molar-refractivity contribution in [1.82, 2.24) is 0 Å². The fourth-order valence-electron chi connectivity index (χ4n) is 4.80. The molecule has 4 aromatic rings. The molecule has 6 heteroatoms. The van der Waals surface area contributed by atoms with E-state index in [2.05, 4.69) is 6.92 Å². The number of alkyl halides is 3. The average Bonchev–Trinajstić information content (AvgIpc) is 2.87. The van der Waals surface area contributed by atoms with Gasteiger partial charge in [0, 0.05) is 5.39 Å². The highest BCUT2D eigenvalue weighted by atomic mass is 19.4. The van der Waals surface area contributed by atoms with Crippen LogP contribution in [-0.2, 0) is 25.4 Å². The third-order valence-corrected chi connectivity index (χ3v) is 6.96. The van der Waals surface area contributed by atoms with Crippen LogP contribution in [0.25, 0.3) is 21.9 Å². The number of aryl methyl sites for hydroxylation is 3. The van der Waals surface area contributed by atoms with E-state index in [1.807, 2.05) is 0 Å². The molecule has 4 aromatic carbocycles. The Morgan fingerprint density at radius 1 is 0.632 bits per heavy atom. The van der Waals surface area contributed by atoms with Crippen LogP contribution in [0, 0.1) is 17.5 Å². The molecule has 0 spiro atoms. The molecular formula is C32H30F6. The number of rotatable bonds is 10. The molecule has 200 valence electrons.